The zero-order valence-corrected chi connectivity index (χ0v) is 16.4. The van der Waals surface area contributed by atoms with Gasteiger partial charge in [0.05, 0.1) is 30.5 Å². The number of carbonyl (C=O) groups is 1. The van der Waals surface area contributed by atoms with Gasteiger partial charge in [-0.1, -0.05) is 30.3 Å². The van der Waals surface area contributed by atoms with Crippen LogP contribution in [-0.2, 0) is 4.74 Å². The highest BCUT2D eigenvalue weighted by Crippen LogP contribution is 2.22. The van der Waals surface area contributed by atoms with E-state index >= 15 is 0 Å². The molecule has 8 nitrogen and oxygen atoms in total. The van der Waals surface area contributed by atoms with Crippen molar-refractivity contribution in [1.82, 2.24) is 19.5 Å². The Bertz CT molecular complexity index is 1110. The van der Waals surface area contributed by atoms with Crippen molar-refractivity contribution >= 4 is 11.9 Å². The average Bonchev–Trinajstić information content (AvgIpc) is 3.47. The van der Waals surface area contributed by atoms with E-state index in [9.17, 15) is 4.79 Å². The molecule has 0 aliphatic heterocycles. The Hall–Kier alpha value is -3.91. The van der Waals surface area contributed by atoms with E-state index in [4.69, 9.17) is 9.47 Å². The molecule has 152 valence electrons. The van der Waals surface area contributed by atoms with Crippen molar-refractivity contribution in [2.45, 2.75) is 0 Å². The number of rotatable bonds is 8. The van der Waals surface area contributed by atoms with Gasteiger partial charge in [0.25, 0.3) is 5.91 Å². The fourth-order valence-corrected chi connectivity index (χ4v) is 2.93. The highest BCUT2D eigenvalue weighted by molar-refractivity contribution is 6.04. The fourth-order valence-electron chi connectivity index (χ4n) is 2.93. The SMILES string of the molecule is COCCOc1cc(C(=O)Nc2ncc(-c3ccccc3)[nH]2)cc(-n2ccnc2)c1. The van der Waals surface area contributed by atoms with Crippen LogP contribution in [0.1, 0.15) is 10.4 Å². The van der Waals surface area contributed by atoms with E-state index in [0.717, 1.165) is 16.9 Å². The molecule has 4 rings (SSSR count). The number of hydrogen-bond donors (Lipinski definition) is 2. The number of ether oxygens (including phenoxy) is 2. The molecule has 0 aliphatic carbocycles. The molecule has 0 atom stereocenters. The summed E-state index contributed by atoms with van der Waals surface area (Å²) >= 11 is 0. The minimum Gasteiger partial charge on any atom is -0.491 e. The number of nitrogens with zero attached hydrogens (tertiary/aromatic N) is 3. The summed E-state index contributed by atoms with van der Waals surface area (Å²) in [5.74, 6) is 0.629. The predicted molar refractivity (Wildman–Crippen MR) is 113 cm³/mol. The van der Waals surface area contributed by atoms with Crippen LogP contribution in [0.5, 0.6) is 5.75 Å². The third kappa shape index (κ3) is 4.56. The summed E-state index contributed by atoms with van der Waals surface area (Å²) in [5.41, 5.74) is 3.01. The Labute approximate surface area is 173 Å². The number of aromatic nitrogens is 4. The van der Waals surface area contributed by atoms with Crippen molar-refractivity contribution in [2.24, 2.45) is 0 Å². The second-order valence-corrected chi connectivity index (χ2v) is 6.49. The molecule has 0 saturated carbocycles. The van der Waals surface area contributed by atoms with Crippen LogP contribution in [0.2, 0.25) is 0 Å². The summed E-state index contributed by atoms with van der Waals surface area (Å²) in [4.78, 5) is 24.3. The third-order valence-electron chi connectivity index (χ3n) is 4.40. The van der Waals surface area contributed by atoms with Gasteiger partial charge in [-0.3, -0.25) is 10.1 Å². The Balaban J connectivity index is 1.56. The van der Waals surface area contributed by atoms with Crippen LogP contribution < -0.4 is 10.1 Å². The number of amides is 1. The van der Waals surface area contributed by atoms with E-state index in [0.29, 0.717) is 30.5 Å². The molecule has 0 radical (unpaired) electrons. The van der Waals surface area contributed by atoms with Crippen LogP contribution >= 0.6 is 0 Å². The van der Waals surface area contributed by atoms with Gasteiger partial charge in [-0.2, -0.15) is 0 Å². The molecule has 0 aliphatic rings. The lowest BCUT2D eigenvalue weighted by Gasteiger charge is -2.11. The van der Waals surface area contributed by atoms with E-state index in [1.807, 2.05) is 36.4 Å². The molecule has 0 saturated heterocycles. The minimum absolute atomic E-state index is 0.303. The maximum Gasteiger partial charge on any atom is 0.258 e. The number of benzene rings is 2. The van der Waals surface area contributed by atoms with Gasteiger partial charge in [0, 0.05) is 31.1 Å². The van der Waals surface area contributed by atoms with Gasteiger partial charge in [-0.25, -0.2) is 9.97 Å². The first-order chi connectivity index (χ1) is 14.7. The quantitative estimate of drug-likeness (QED) is 0.439. The topological polar surface area (TPSA) is 94.1 Å². The van der Waals surface area contributed by atoms with E-state index in [1.165, 1.54) is 0 Å². The van der Waals surface area contributed by atoms with Gasteiger partial charge in [0.15, 0.2) is 0 Å². The molecule has 0 fully saturated rings. The lowest BCUT2D eigenvalue weighted by Crippen LogP contribution is -2.14. The molecule has 2 aromatic heterocycles. The summed E-state index contributed by atoms with van der Waals surface area (Å²) in [7, 11) is 1.61. The lowest BCUT2D eigenvalue weighted by molar-refractivity contribution is 0.102. The normalized spacial score (nSPS) is 10.7. The Kier molecular flexibility index (Phi) is 5.86. The van der Waals surface area contributed by atoms with Gasteiger partial charge in [-0.05, 0) is 17.7 Å². The highest BCUT2D eigenvalue weighted by atomic mass is 16.5. The van der Waals surface area contributed by atoms with E-state index in [-0.39, 0.29) is 5.91 Å². The van der Waals surface area contributed by atoms with Crippen molar-refractivity contribution in [3.05, 3.63) is 79.0 Å². The molecule has 0 unspecified atom stereocenters. The van der Waals surface area contributed by atoms with Crippen LogP contribution in [0, 0.1) is 0 Å². The second-order valence-electron chi connectivity index (χ2n) is 6.49. The number of nitrogens with one attached hydrogen (secondary N) is 2. The van der Waals surface area contributed by atoms with Crippen molar-refractivity contribution < 1.29 is 14.3 Å². The van der Waals surface area contributed by atoms with E-state index < -0.39 is 0 Å². The smallest absolute Gasteiger partial charge is 0.258 e. The van der Waals surface area contributed by atoms with E-state index in [2.05, 4.69) is 20.3 Å². The Morgan fingerprint density at radius 1 is 1.17 bits per heavy atom. The predicted octanol–water partition coefficient (Wildman–Crippen LogP) is 3.54. The van der Waals surface area contributed by atoms with Gasteiger partial charge in [0.2, 0.25) is 5.95 Å². The molecule has 30 heavy (non-hydrogen) atoms. The van der Waals surface area contributed by atoms with Crippen LogP contribution in [0.4, 0.5) is 5.95 Å². The number of imidazole rings is 2. The first kappa shape index (κ1) is 19.4. The Morgan fingerprint density at radius 3 is 2.80 bits per heavy atom. The van der Waals surface area contributed by atoms with E-state index in [1.54, 1.807) is 48.7 Å². The highest BCUT2D eigenvalue weighted by Gasteiger charge is 2.13. The van der Waals surface area contributed by atoms with Gasteiger partial charge in [0.1, 0.15) is 12.4 Å². The van der Waals surface area contributed by atoms with Gasteiger partial charge < -0.3 is 19.0 Å². The molecule has 8 heteroatoms. The molecule has 0 bridgehead atoms. The molecule has 2 N–H and O–H groups in total. The number of anilines is 1. The maximum absolute atomic E-state index is 12.9. The number of carbonyl (C=O) groups excluding carboxylic acids is 1. The molecule has 2 aromatic carbocycles. The third-order valence-corrected chi connectivity index (χ3v) is 4.40. The Morgan fingerprint density at radius 2 is 2.03 bits per heavy atom. The van der Waals surface area contributed by atoms with Crippen molar-refractivity contribution in [3.63, 3.8) is 0 Å². The number of hydrogen-bond acceptors (Lipinski definition) is 5. The molecule has 0 spiro atoms. The van der Waals surface area contributed by atoms with Crippen LogP contribution in [0.15, 0.2) is 73.4 Å². The number of methoxy groups -OCH3 is 1. The van der Waals surface area contributed by atoms with Crippen LogP contribution in [0.25, 0.3) is 16.9 Å². The summed E-state index contributed by atoms with van der Waals surface area (Å²) in [6.45, 7) is 0.828. The number of H-pyrrole nitrogens is 1. The fraction of sp³-hybridized carbons (Fsp3) is 0.136. The second kappa shape index (κ2) is 9.06. The van der Waals surface area contributed by atoms with Gasteiger partial charge >= 0.3 is 0 Å². The molecule has 2 heterocycles. The first-order valence-corrected chi connectivity index (χ1v) is 9.40. The summed E-state index contributed by atoms with van der Waals surface area (Å²) in [6.07, 6.45) is 6.82. The van der Waals surface area contributed by atoms with Crippen LogP contribution in [0.3, 0.4) is 0 Å². The standard InChI is InChI=1S/C22H21N5O3/c1-29-9-10-30-19-12-17(11-18(13-19)27-8-7-23-15-27)21(28)26-22-24-14-20(25-22)16-5-3-2-4-6-16/h2-8,11-15H,9-10H2,1H3,(H2,24,25,26,28). The molecule has 4 aromatic rings. The average molecular weight is 403 g/mol. The van der Waals surface area contributed by atoms with Crippen molar-refractivity contribution in [1.29, 1.82) is 0 Å². The number of aromatic amines is 1. The summed E-state index contributed by atoms with van der Waals surface area (Å²) < 4.78 is 12.6. The first-order valence-electron chi connectivity index (χ1n) is 9.40. The monoisotopic (exact) mass is 403 g/mol. The molecule has 1 amide bonds. The zero-order chi connectivity index (χ0) is 20.8. The zero-order valence-electron chi connectivity index (χ0n) is 16.4. The maximum atomic E-state index is 12.9. The molecular formula is C22H21N5O3. The molecular weight excluding hydrogens is 382 g/mol. The summed E-state index contributed by atoms with van der Waals surface area (Å²) in [5, 5.41) is 2.80. The minimum atomic E-state index is -0.303. The van der Waals surface area contributed by atoms with Gasteiger partial charge in [-0.15, -0.1) is 0 Å². The largest absolute Gasteiger partial charge is 0.491 e. The summed E-state index contributed by atoms with van der Waals surface area (Å²) in [6, 6.07) is 15.1. The van der Waals surface area contributed by atoms with Crippen molar-refractivity contribution in [2.75, 3.05) is 25.6 Å². The van der Waals surface area contributed by atoms with Crippen LogP contribution in [-0.4, -0.2) is 45.7 Å². The lowest BCUT2D eigenvalue weighted by atomic mass is 10.1. The van der Waals surface area contributed by atoms with Crippen molar-refractivity contribution in [3.8, 4) is 22.7 Å².